The van der Waals surface area contributed by atoms with Gasteiger partial charge in [0.05, 0.1) is 13.2 Å². The van der Waals surface area contributed by atoms with E-state index in [-0.39, 0.29) is 12.1 Å². The van der Waals surface area contributed by atoms with E-state index < -0.39 is 0 Å². The van der Waals surface area contributed by atoms with Gasteiger partial charge in [-0.3, -0.25) is 4.79 Å². The van der Waals surface area contributed by atoms with Gasteiger partial charge < -0.3 is 15.2 Å². The summed E-state index contributed by atoms with van der Waals surface area (Å²) in [6, 6.07) is 0. The predicted octanol–water partition coefficient (Wildman–Crippen LogP) is 1.62. The first kappa shape index (κ1) is 13.5. The van der Waals surface area contributed by atoms with Crippen LogP contribution in [0.15, 0.2) is 0 Å². The highest BCUT2D eigenvalue weighted by atomic mass is 16.5. The normalized spacial score (nSPS) is 17.3. The molecule has 1 aliphatic heterocycles. The second kappa shape index (κ2) is 8.53. The Balaban J connectivity index is 1.97. The summed E-state index contributed by atoms with van der Waals surface area (Å²) < 4.78 is 10.6. The van der Waals surface area contributed by atoms with Crippen molar-refractivity contribution in [3.63, 3.8) is 0 Å². The smallest absolute Gasteiger partial charge is 0.306 e. The maximum absolute atomic E-state index is 11.5. The van der Waals surface area contributed by atoms with Crippen molar-refractivity contribution in [1.82, 2.24) is 0 Å². The quantitative estimate of drug-likeness (QED) is 0.532. The van der Waals surface area contributed by atoms with Crippen LogP contribution in [0.2, 0.25) is 0 Å². The second-order valence-corrected chi connectivity index (χ2v) is 4.25. The second-order valence-electron chi connectivity index (χ2n) is 4.25. The molecular weight excluding hydrogens is 206 g/mol. The van der Waals surface area contributed by atoms with E-state index >= 15 is 0 Å². The molecule has 94 valence electrons. The molecule has 0 aromatic carbocycles. The summed E-state index contributed by atoms with van der Waals surface area (Å²) in [5.41, 5.74) is 5.39. The molecule has 0 aliphatic carbocycles. The average Bonchev–Trinajstić information content (AvgIpc) is 2.30. The van der Waals surface area contributed by atoms with Gasteiger partial charge in [0.1, 0.15) is 6.10 Å². The summed E-state index contributed by atoms with van der Waals surface area (Å²) in [6.45, 7) is 2.18. The maximum atomic E-state index is 11.5. The van der Waals surface area contributed by atoms with Crippen LogP contribution in [0.4, 0.5) is 0 Å². The summed E-state index contributed by atoms with van der Waals surface area (Å²) in [6.07, 6.45) is 6.48. The molecule has 2 N–H and O–H groups in total. The van der Waals surface area contributed by atoms with Crippen molar-refractivity contribution < 1.29 is 14.3 Å². The van der Waals surface area contributed by atoms with Crippen molar-refractivity contribution in [2.24, 2.45) is 5.73 Å². The van der Waals surface area contributed by atoms with Crippen LogP contribution in [0.5, 0.6) is 0 Å². The van der Waals surface area contributed by atoms with Gasteiger partial charge in [0.2, 0.25) is 0 Å². The topological polar surface area (TPSA) is 61.6 Å². The van der Waals surface area contributed by atoms with Crippen LogP contribution in [-0.2, 0) is 14.3 Å². The van der Waals surface area contributed by atoms with E-state index in [2.05, 4.69) is 0 Å². The third kappa shape index (κ3) is 6.08. The van der Waals surface area contributed by atoms with Crippen molar-refractivity contribution in [3.8, 4) is 0 Å². The van der Waals surface area contributed by atoms with E-state index in [4.69, 9.17) is 15.2 Å². The first-order valence-corrected chi connectivity index (χ1v) is 6.30. The summed E-state index contributed by atoms with van der Waals surface area (Å²) in [4.78, 5) is 11.5. The number of nitrogens with two attached hydrogens (primary N) is 1. The van der Waals surface area contributed by atoms with Crippen molar-refractivity contribution in [1.29, 1.82) is 0 Å². The van der Waals surface area contributed by atoms with Crippen LogP contribution in [0, 0.1) is 0 Å². The van der Waals surface area contributed by atoms with Gasteiger partial charge in [-0.25, -0.2) is 0 Å². The molecule has 0 amide bonds. The van der Waals surface area contributed by atoms with Gasteiger partial charge in [-0.05, 0) is 19.4 Å². The van der Waals surface area contributed by atoms with E-state index in [0.717, 1.165) is 45.1 Å². The molecule has 0 radical (unpaired) electrons. The van der Waals surface area contributed by atoms with Crippen molar-refractivity contribution in [3.05, 3.63) is 0 Å². The Morgan fingerprint density at radius 2 is 1.88 bits per heavy atom. The average molecular weight is 229 g/mol. The van der Waals surface area contributed by atoms with Gasteiger partial charge in [-0.15, -0.1) is 0 Å². The van der Waals surface area contributed by atoms with Gasteiger partial charge in [-0.2, -0.15) is 0 Å². The molecule has 4 heteroatoms. The molecule has 1 heterocycles. The lowest BCUT2D eigenvalue weighted by Crippen LogP contribution is -2.26. The van der Waals surface area contributed by atoms with Gasteiger partial charge in [0, 0.05) is 19.3 Å². The van der Waals surface area contributed by atoms with Crippen molar-refractivity contribution in [2.75, 3.05) is 19.8 Å². The lowest BCUT2D eigenvalue weighted by atomic mass is 10.1. The zero-order valence-corrected chi connectivity index (χ0v) is 9.95. The first-order valence-electron chi connectivity index (χ1n) is 6.30. The largest absolute Gasteiger partial charge is 0.462 e. The molecular formula is C12H23NO3. The lowest BCUT2D eigenvalue weighted by Gasteiger charge is -2.22. The van der Waals surface area contributed by atoms with Crippen LogP contribution in [0.1, 0.15) is 44.9 Å². The molecule has 0 aromatic heterocycles. The lowest BCUT2D eigenvalue weighted by molar-refractivity contribution is -0.153. The Kier molecular flexibility index (Phi) is 7.17. The van der Waals surface area contributed by atoms with Crippen LogP contribution in [0.3, 0.4) is 0 Å². The number of hydrogen-bond acceptors (Lipinski definition) is 4. The number of ether oxygens (including phenoxy) is 2. The monoisotopic (exact) mass is 229 g/mol. The highest BCUT2D eigenvalue weighted by Gasteiger charge is 2.17. The Hall–Kier alpha value is -0.610. The maximum Gasteiger partial charge on any atom is 0.306 e. The number of esters is 1. The third-order valence-electron chi connectivity index (χ3n) is 2.80. The summed E-state index contributed by atoms with van der Waals surface area (Å²) in [7, 11) is 0. The van der Waals surface area contributed by atoms with Crippen LogP contribution in [-0.4, -0.2) is 31.8 Å². The van der Waals surface area contributed by atoms with Gasteiger partial charge >= 0.3 is 5.97 Å². The molecule has 0 saturated carbocycles. The van der Waals surface area contributed by atoms with Crippen LogP contribution >= 0.6 is 0 Å². The predicted molar refractivity (Wildman–Crippen MR) is 62.1 cm³/mol. The number of hydrogen-bond donors (Lipinski definition) is 1. The summed E-state index contributed by atoms with van der Waals surface area (Å²) in [5, 5.41) is 0. The van der Waals surface area contributed by atoms with E-state index in [1.165, 1.54) is 0 Å². The molecule has 0 aromatic rings. The van der Waals surface area contributed by atoms with E-state index in [0.29, 0.717) is 19.6 Å². The molecule has 1 fully saturated rings. The zero-order valence-electron chi connectivity index (χ0n) is 9.95. The minimum atomic E-state index is -0.0559. The van der Waals surface area contributed by atoms with Crippen molar-refractivity contribution >= 4 is 5.97 Å². The molecule has 16 heavy (non-hydrogen) atoms. The number of carbonyl (C=O) groups excluding carboxylic acids is 1. The van der Waals surface area contributed by atoms with Crippen molar-refractivity contribution in [2.45, 2.75) is 51.0 Å². The standard InChI is InChI=1S/C12H23NO3/c13-8-4-2-1-3-5-12(14)16-11-6-9-15-10-7-11/h11H,1-10,13H2. The Labute approximate surface area is 97.5 Å². The fourth-order valence-electron chi connectivity index (χ4n) is 1.81. The fraction of sp³-hybridized carbons (Fsp3) is 0.917. The Bertz CT molecular complexity index is 191. The van der Waals surface area contributed by atoms with E-state index in [1.807, 2.05) is 0 Å². The minimum absolute atomic E-state index is 0.0559. The van der Waals surface area contributed by atoms with Crippen LogP contribution in [0.25, 0.3) is 0 Å². The summed E-state index contributed by atoms with van der Waals surface area (Å²) >= 11 is 0. The molecule has 4 nitrogen and oxygen atoms in total. The molecule has 1 saturated heterocycles. The Morgan fingerprint density at radius 1 is 1.19 bits per heavy atom. The summed E-state index contributed by atoms with van der Waals surface area (Å²) in [5.74, 6) is -0.0559. The number of unbranched alkanes of at least 4 members (excludes halogenated alkanes) is 3. The molecule has 0 atom stereocenters. The third-order valence-corrected chi connectivity index (χ3v) is 2.80. The highest BCUT2D eigenvalue weighted by Crippen LogP contribution is 2.12. The zero-order chi connectivity index (χ0) is 11.6. The molecule has 0 unspecified atom stereocenters. The van der Waals surface area contributed by atoms with Gasteiger partial charge in [0.25, 0.3) is 0 Å². The molecule has 1 aliphatic rings. The minimum Gasteiger partial charge on any atom is -0.462 e. The first-order chi connectivity index (χ1) is 7.83. The Morgan fingerprint density at radius 3 is 2.56 bits per heavy atom. The fourth-order valence-corrected chi connectivity index (χ4v) is 1.81. The molecule has 1 rings (SSSR count). The molecule has 0 spiro atoms. The highest BCUT2D eigenvalue weighted by molar-refractivity contribution is 5.69. The SMILES string of the molecule is NCCCCCCC(=O)OC1CCOCC1. The molecule has 0 bridgehead atoms. The van der Waals surface area contributed by atoms with E-state index in [1.54, 1.807) is 0 Å². The number of carbonyl (C=O) groups is 1. The van der Waals surface area contributed by atoms with Gasteiger partial charge in [0.15, 0.2) is 0 Å². The van der Waals surface area contributed by atoms with Crippen LogP contribution < -0.4 is 5.73 Å². The number of rotatable bonds is 7. The van der Waals surface area contributed by atoms with E-state index in [9.17, 15) is 4.79 Å². The van der Waals surface area contributed by atoms with Gasteiger partial charge in [-0.1, -0.05) is 12.8 Å².